The van der Waals surface area contributed by atoms with E-state index in [0.29, 0.717) is 31.7 Å². The topological polar surface area (TPSA) is 64.4 Å². The fraction of sp³-hybridized carbons (Fsp3) is 0.417. The van der Waals surface area contributed by atoms with Gasteiger partial charge >= 0.3 is 0 Å². The van der Waals surface area contributed by atoms with Gasteiger partial charge in [-0.1, -0.05) is 11.6 Å². The number of carbonyl (C=O) groups excluding carboxylic acids is 1. The molecule has 106 valence electrons. The maximum absolute atomic E-state index is 13.0. The number of hydrogen-bond donors (Lipinski definition) is 2. The van der Waals surface area contributed by atoms with Gasteiger partial charge < -0.3 is 15.8 Å². The molecule has 0 unspecified atom stereocenters. The van der Waals surface area contributed by atoms with Crippen molar-refractivity contribution < 1.29 is 13.9 Å². The van der Waals surface area contributed by atoms with E-state index >= 15 is 0 Å². The smallest absolute Gasteiger partial charge is 0.244 e. The molecule has 0 aromatic heterocycles. The summed E-state index contributed by atoms with van der Waals surface area (Å²) in [7, 11) is 0. The minimum absolute atomic E-state index is 0. The van der Waals surface area contributed by atoms with Gasteiger partial charge in [-0.2, -0.15) is 0 Å². The average Bonchev–Trinajstić information content (AvgIpc) is 2.35. The third-order valence-electron chi connectivity index (χ3n) is 3.01. The molecule has 0 atom stereocenters. The molecule has 4 nitrogen and oxygen atoms in total. The number of nitrogens with two attached hydrogens (primary N) is 1. The fourth-order valence-corrected chi connectivity index (χ4v) is 1.97. The standard InChI is InChI=1S/C12H14ClFN2O2.ClH/c13-9-7-8(1-2-10(9)14)16-11(17)12(15)3-5-18-6-4-12;/h1-2,7H,3-6,15H2,(H,16,17);1H. The van der Waals surface area contributed by atoms with Crippen molar-refractivity contribution in [2.24, 2.45) is 5.73 Å². The van der Waals surface area contributed by atoms with Crippen LogP contribution in [0.5, 0.6) is 0 Å². The lowest BCUT2D eigenvalue weighted by Crippen LogP contribution is -2.54. The SMILES string of the molecule is Cl.NC1(C(=O)Nc2ccc(F)c(Cl)c2)CCOCC1. The minimum atomic E-state index is -0.931. The van der Waals surface area contributed by atoms with Crippen molar-refractivity contribution in [2.75, 3.05) is 18.5 Å². The summed E-state index contributed by atoms with van der Waals surface area (Å²) in [5.41, 5.74) is 5.52. The molecular formula is C12H15Cl2FN2O2. The molecule has 1 aromatic carbocycles. The number of benzene rings is 1. The summed E-state index contributed by atoms with van der Waals surface area (Å²) in [5.74, 6) is -0.823. The summed E-state index contributed by atoms with van der Waals surface area (Å²) in [6.07, 6.45) is 0.932. The molecule has 1 aliphatic rings. The number of anilines is 1. The van der Waals surface area contributed by atoms with E-state index in [0.717, 1.165) is 0 Å². The summed E-state index contributed by atoms with van der Waals surface area (Å²) >= 11 is 5.64. The van der Waals surface area contributed by atoms with E-state index in [4.69, 9.17) is 22.1 Å². The van der Waals surface area contributed by atoms with Crippen LogP contribution in [-0.4, -0.2) is 24.7 Å². The van der Waals surface area contributed by atoms with Crippen LogP contribution in [0.3, 0.4) is 0 Å². The molecule has 7 heteroatoms. The van der Waals surface area contributed by atoms with Crippen LogP contribution in [0.15, 0.2) is 18.2 Å². The van der Waals surface area contributed by atoms with Gasteiger partial charge in [0.1, 0.15) is 11.4 Å². The highest BCUT2D eigenvalue weighted by Crippen LogP contribution is 2.23. The number of carbonyl (C=O) groups is 1. The predicted molar refractivity (Wildman–Crippen MR) is 74.3 cm³/mol. The zero-order valence-corrected chi connectivity index (χ0v) is 11.7. The first-order chi connectivity index (χ1) is 8.51. The highest BCUT2D eigenvalue weighted by atomic mass is 35.5. The van der Waals surface area contributed by atoms with Gasteiger partial charge in [0, 0.05) is 18.9 Å². The Morgan fingerprint density at radius 1 is 1.42 bits per heavy atom. The van der Waals surface area contributed by atoms with Gasteiger partial charge in [0.25, 0.3) is 0 Å². The summed E-state index contributed by atoms with van der Waals surface area (Å²) in [5, 5.41) is 2.61. The normalized spacial score (nSPS) is 17.4. The van der Waals surface area contributed by atoms with E-state index in [2.05, 4.69) is 5.32 Å². The fourth-order valence-electron chi connectivity index (χ4n) is 1.79. The molecule has 1 aromatic rings. The molecule has 3 N–H and O–H groups in total. The Bertz CT molecular complexity index is 465. The van der Waals surface area contributed by atoms with Crippen LogP contribution < -0.4 is 11.1 Å². The molecule has 19 heavy (non-hydrogen) atoms. The minimum Gasteiger partial charge on any atom is -0.381 e. The zero-order valence-electron chi connectivity index (χ0n) is 10.1. The Kier molecular flexibility index (Phi) is 5.55. The lowest BCUT2D eigenvalue weighted by atomic mass is 9.90. The molecular weight excluding hydrogens is 294 g/mol. The first-order valence-electron chi connectivity index (χ1n) is 5.64. The third kappa shape index (κ3) is 3.79. The van der Waals surface area contributed by atoms with Gasteiger partial charge in [0.15, 0.2) is 0 Å². The molecule has 0 radical (unpaired) electrons. The largest absolute Gasteiger partial charge is 0.381 e. The van der Waals surface area contributed by atoms with Gasteiger partial charge in [0.2, 0.25) is 5.91 Å². The van der Waals surface area contributed by atoms with E-state index in [-0.39, 0.29) is 23.3 Å². The van der Waals surface area contributed by atoms with Crippen molar-refractivity contribution in [3.8, 4) is 0 Å². The molecule has 0 aliphatic carbocycles. The van der Waals surface area contributed by atoms with Crippen LogP contribution >= 0.6 is 24.0 Å². The first kappa shape index (κ1) is 16.2. The van der Waals surface area contributed by atoms with E-state index in [9.17, 15) is 9.18 Å². The lowest BCUT2D eigenvalue weighted by molar-refractivity contribution is -0.124. The quantitative estimate of drug-likeness (QED) is 0.881. The first-order valence-corrected chi connectivity index (χ1v) is 6.02. The predicted octanol–water partition coefficient (Wildman–Crippen LogP) is 2.35. The van der Waals surface area contributed by atoms with E-state index in [1.807, 2.05) is 0 Å². The van der Waals surface area contributed by atoms with Crippen molar-refractivity contribution in [1.29, 1.82) is 0 Å². The van der Waals surface area contributed by atoms with Gasteiger partial charge in [-0.05, 0) is 31.0 Å². The second-order valence-electron chi connectivity index (χ2n) is 4.35. The van der Waals surface area contributed by atoms with E-state index in [1.165, 1.54) is 18.2 Å². The van der Waals surface area contributed by atoms with Crippen LogP contribution in [0.1, 0.15) is 12.8 Å². The highest BCUT2D eigenvalue weighted by molar-refractivity contribution is 6.31. The number of rotatable bonds is 2. The second-order valence-corrected chi connectivity index (χ2v) is 4.76. The molecule has 0 spiro atoms. The van der Waals surface area contributed by atoms with Crippen molar-refractivity contribution >= 4 is 35.6 Å². The molecule has 1 amide bonds. The second kappa shape index (κ2) is 6.52. The van der Waals surface area contributed by atoms with E-state index in [1.54, 1.807) is 0 Å². The van der Waals surface area contributed by atoms with E-state index < -0.39 is 11.4 Å². The van der Waals surface area contributed by atoms with Crippen LogP contribution in [0.25, 0.3) is 0 Å². The maximum atomic E-state index is 13.0. The number of halogens is 3. The Morgan fingerprint density at radius 3 is 2.63 bits per heavy atom. The number of hydrogen-bond acceptors (Lipinski definition) is 3. The lowest BCUT2D eigenvalue weighted by Gasteiger charge is -2.31. The summed E-state index contributed by atoms with van der Waals surface area (Å²) in [4.78, 5) is 12.1. The van der Waals surface area contributed by atoms with Gasteiger partial charge in [-0.3, -0.25) is 4.79 Å². The number of nitrogens with one attached hydrogen (secondary N) is 1. The summed E-state index contributed by atoms with van der Waals surface area (Å²) in [6, 6.07) is 4.00. The Hall–Kier alpha value is -0.880. The Morgan fingerprint density at radius 2 is 2.05 bits per heavy atom. The Balaban J connectivity index is 0.00000180. The van der Waals surface area contributed by atoms with Crippen LogP contribution in [0.4, 0.5) is 10.1 Å². The number of ether oxygens (including phenoxy) is 1. The summed E-state index contributed by atoms with van der Waals surface area (Å²) in [6.45, 7) is 0.933. The van der Waals surface area contributed by atoms with Gasteiger partial charge in [-0.25, -0.2) is 4.39 Å². The van der Waals surface area contributed by atoms with Crippen LogP contribution in [0.2, 0.25) is 5.02 Å². The van der Waals surface area contributed by atoms with Gasteiger partial charge in [-0.15, -0.1) is 12.4 Å². The maximum Gasteiger partial charge on any atom is 0.244 e. The van der Waals surface area contributed by atoms with Crippen LogP contribution in [0, 0.1) is 5.82 Å². The van der Waals surface area contributed by atoms with Crippen molar-refractivity contribution in [3.05, 3.63) is 29.0 Å². The van der Waals surface area contributed by atoms with Gasteiger partial charge in [0.05, 0.1) is 5.02 Å². The van der Waals surface area contributed by atoms with Crippen molar-refractivity contribution in [3.63, 3.8) is 0 Å². The van der Waals surface area contributed by atoms with Crippen molar-refractivity contribution in [2.45, 2.75) is 18.4 Å². The van der Waals surface area contributed by atoms with Crippen molar-refractivity contribution in [1.82, 2.24) is 0 Å². The van der Waals surface area contributed by atoms with Crippen LogP contribution in [-0.2, 0) is 9.53 Å². The third-order valence-corrected chi connectivity index (χ3v) is 3.30. The summed E-state index contributed by atoms with van der Waals surface area (Å²) < 4.78 is 18.1. The number of amides is 1. The molecule has 2 rings (SSSR count). The molecule has 0 bridgehead atoms. The average molecular weight is 309 g/mol. The molecule has 0 saturated carbocycles. The zero-order chi connectivity index (χ0) is 13.2. The molecule has 1 heterocycles. The monoisotopic (exact) mass is 308 g/mol. The Labute approximate surface area is 121 Å². The molecule has 1 aliphatic heterocycles. The molecule has 1 saturated heterocycles. The molecule has 1 fully saturated rings. The highest BCUT2D eigenvalue weighted by Gasteiger charge is 2.35.